The van der Waals surface area contributed by atoms with Gasteiger partial charge in [0.1, 0.15) is 5.75 Å². The molecule has 0 radical (unpaired) electrons. The van der Waals surface area contributed by atoms with Crippen LogP contribution < -0.4 is 10.5 Å². The fourth-order valence-electron chi connectivity index (χ4n) is 3.80. The molecule has 150 valence electrons. The van der Waals surface area contributed by atoms with Crippen molar-refractivity contribution < 1.29 is 9.53 Å². The summed E-state index contributed by atoms with van der Waals surface area (Å²) in [6.45, 7) is 6.56. The number of amides is 1. The van der Waals surface area contributed by atoms with Crippen molar-refractivity contribution in [3.05, 3.63) is 63.1 Å². The van der Waals surface area contributed by atoms with E-state index in [0.717, 1.165) is 49.4 Å². The first-order valence-corrected chi connectivity index (χ1v) is 10.2. The fourth-order valence-corrected chi connectivity index (χ4v) is 4.16. The Labute approximate surface area is 176 Å². The van der Waals surface area contributed by atoms with E-state index in [9.17, 15) is 4.79 Å². The molecule has 0 bridgehead atoms. The number of fused-ring (bicyclic) bond motifs is 2. The third-order valence-corrected chi connectivity index (χ3v) is 6.34. The van der Waals surface area contributed by atoms with Gasteiger partial charge in [-0.2, -0.15) is 0 Å². The lowest BCUT2D eigenvalue weighted by Crippen LogP contribution is -2.45. The Morgan fingerprint density at radius 1 is 1.14 bits per heavy atom. The molecule has 0 unspecified atom stereocenters. The number of ether oxygens (including phenoxy) is 1. The lowest BCUT2D eigenvalue weighted by Gasteiger charge is -2.38. The Balaban J connectivity index is 0.000000211. The van der Waals surface area contributed by atoms with Gasteiger partial charge in [0.2, 0.25) is 5.91 Å². The summed E-state index contributed by atoms with van der Waals surface area (Å²) >= 11 is 11.3. The number of rotatable bonds is 1. The van der Waals surface area contributed by atoms with Crippen LogP contribution in [0.4, 0.5) is 0 Å². The van der Waals surface area contributed by atoms with Gasteiger partial charge < -0.3 is 15.4 Å². The molecule has 2 aromatic carbocycles. The molecule has 2 heterocycles. The number of piperidine rings is 1. The van der Waals surface area contributed by atoms with Gasteiger partial charge >= 0.3 is 0 Å². The molecule has 2 aliphatic rings. The van der Waals surface area contributed by atoms with Gasteiger partial charge in [0.15, 0.2) is 0 Å². The number of benzene rings is 2. The van der Waals surface area contributed by atoms with E-state index in [0.29, 0.717) is 16.6 Å². The summed E-state index contributed by atoms with van der Waals surface area (Å²) in [6.07, 6.45) is 1.96. The third kappa shape index (κ3) is 4.45. The van der Waals surface area contributed by atoms with Crippen LogP contribution in [-0.4, -0.2) is 30.5 Å². The zero-order valence-electron chi connectivity index (χ0n) is 16.3. The summed E-state index contributed by atoms with van der Waals surface area (Å²) in [5.74, 6) is 1.16. The number of hydrogen-bond donors (Lipinski definition) is 1. The molecular weight excluding hydrogens is 395 g/mol. The molecule has 0 aromatic heterocycles. The predicted molar refractivity (Wildman–Crippen MR) is 114 cm³/mol. The van der Waals surface area contributed by atoms with Crippen LogP contribution in [-0.2, 0) is 16.8 Å². The minimum atomic E-state index is 0.0897. The lowest BCUT2D eigenvalue weighted by atomic mass is 9.74. The molecule has 0 saturated carbocycles. The highest BCUT2D eigenvalue weighted by Crippen LogP contribution is 2.45. The summed E-state index contributed by atoms with van der Waals surface area (Å²) in [7, 11) is 0. The van der Waals surface area contributed by atoms with Gasteiger partial charge in [0, 0.05) is 37.5 Å². The van der Waals surface area contributed by atoms with Gasteiger partial charge in [-0.3, -0.25) is 4.79 Å². The Morgan fingerprint density at radius 2 is 1.86 bits per heavy atom. The van der Waals surface area contributed by atoms with Crippen LogP contribution in [0.2, 0.25) is 10.0 Å². The number of halogens is 2. The van der Waals surface area contributed by atoms with Gasteiger partial charge in [-0.25, -0.2) is 0 Å². The van der Waals surface area contributed by atoms with Crippen molar-refractivity contribution in [2.45, 2.75) is 38.6 Å². The normalized spacial score (nSPS) is 16.8. The number of nitrogens with two attached hydrogens (primary N) is 1. The van der Waals surface area contributed by atoms with Crippen molar-refractivity contribution in [2.24, 2.45) is 5.73 Å². The summed E-state index contributed by atoms with van der Waals surface area (Å²) in [4.78, 5) is 13.4. The molecule has 1 fully saturated rings. The molecule has 2 aliphatic heterocycles. The Kier molecular flexibility index (Phi) is 6.54. The van der Waals surface area contributed by atoms with Crippen LogP contribution in [0.25, 0.3) is 0 Å². The van der Waals surface area contributed by atoms with E-state index in [1.807, 2.05) is 36.1 Å². The van der Waals surface area contributed by atoms with Crippen LogP contribution in [0.3, 0.4) is 0 Å². The van der Waals surface area contributed by atoms with Crippen molar-refractivity contribution in [3.63, 3.8) is 0 Å². The quantitative estimate of drug-likeness (QED) is 0.725. The number of hydrogen-bond acceptors (Lipinski definition) is 3. The second-order valence-electron chi connectivity index (χ2n) is 7.53. The molecule has 0 atom stereocenters. The second-order valence-corrected chi connectivity index (χ2v) is 8.34. The second kappa shape index (κ2) is 8.73. The Bertz CT molecular complexity index is 862. The highest BCUT2D eigenvalue weighted by Gasteiger charge is 2.43. The average Bonchev–Trinajstić information content (AvgIpc) is 3.03. The van der Waals surface area contributed by atoms with Gasteiger partial charge in [0.05, 0.1) is 16.7 Å². The van der Waals surface area contributed by atoms with Crippen molar-refractivity contribution in [2.75, 3.05) is 19.7 Å². The van der Waals surface area contributed by atoms with E-state index in [-0.39, 0.29) is 11.3 Å². The van der Waals surface area contributed by atoms with Gasteiger partial charge in [-0.05, 0) is 49.1 Å². The number of likely N-dealkylation sites (tertiary alicyclic amines) is 1. The van der Waals surface area contributed by atoms with E-state index < -0.39 is 0 Å². The predicted octanol–water partition coefficient (Wildman–Crippen LogP) is 4.72. The average molecular weight is 421 g/mol. The number of nitrogens with zero attached hydrogens (tertiary/aromatic N) is 1. The molecule has 2 aromatic rings. The molecule has 28 heavy (non-hydrogen) atoms. The minimum Gasteiger partial charge on any atom is -0.492 e. The van der Waals surface area contributed by atoms with E-state index in [1.165, 1.54) is 5.56 Å². The first-order chi connectivity index (χ1) is 13.3. The van der Waals surface area contributed by atoms with Crippen LogP contribution in [0.15, 0.2) is 36.4 Å². The van der Waals surface area contributed by atoms with Crippen LogP contribution >= 0.6 is 23.2 Å². The Morgan fingerprint density at radius 3 is 2.43 bits per heavy atom. The molecule has 6 heteroatoms. The largest absolute Gasteiger partial charge is 0.492 e. The topological polar surface area (TPSA) is 55.6 Å². The number of carbonyl (C=O) groups excluding carboxylic acids is 1. The molecule has 1 spiro atoms. The maximum atomic E-state index is 11.4. The first kappa shape index (κ1) is 21.0. The molecule has 4 nitrogen and oxygen atoms in total. The van der Waals surface area contributed by atoms with Crippen LogP contribution in [0.1, 0.15) is 36.5 Å². The maximum Gasteiger partial charge on any atom is 0.219 e. The van der Waals surface area contributed by atoms with Crippen molar-refractivity contribution in [1.29, 1.82) is 0 Å². The standard InChI is InChI=1S/C15H20N2O2.C7H6Cl2/c1-11(18)17-6-4-15(5-7-17)10-19-14-3-2-12(9-16)8-13(14)15;1-5-2-3-6(8)7(9)4-5/h2-3,8H,4-7,9-10,16H2,1H3;2-4H,1H3. The monoisotopic (exact) mass is 420 g/mol. The molecule has 2 N–H and O–H groups in total. The summed E-state index contributed by atoms with van der Waals surface area (Å²) < 4.78 is 5.84. The molecule has 1 saturated heterocycles. The molecule has 1 amide bonds. The van der Waals surface area contributed by atoms with Crippen LogP contribution in [0.5, 0.6) is 5.75 Å². The van der Waals surface area contributed by atoms with E-state index in [4.69, 9.17) is 33.7 Å². The van der Waals surface area contributed by atoms with Crippen molar-refractivity contribution >= 4 is 29.1 Å². The highest BCUT2D eigenvalue weighted by molar-refractivity contribution is 6.42. The third-order valence-electron chi connectivity index (χ3n) is 5.60. The number of aryl methyl sites for hydroxylation is 1. The lowest BCUT2D eigenvalue weighted by molar-refractivity contribution is -0.130. The van der Waals surface area contributed by atoms with E-state index in [2.05, 4.69) is 6.07 Å². The SMILES string of the molecule is CC(=O)N1CCC2(CC1)COc1ccc(CN)cc12.Cc1ccc(Cl)c(Cl)c1. The molecule has 4 rings (SSSR count). The summed E-state index contributed by atoms with van der Waals surface area (Å²) in [5, 5.41) is 1.24. The van der Waals surface area contributed by atoms with Gasteiger partial charge in [0.25, 0.3) is 0 Å². The first-order valence-electron chi connectivity index (χ1n) is 9.48. The highest BCUT2D eigenvalue weighted by atomic mass is 35.5. The fraction of sp³-hybridized carbons (Fsp3) is 0.409. The van der Waals surface area contributed by atoms with E-state index in [1.54, 1.807) is 13.0 Å². The molecular formula is C22H26Cl2N2O2. The smallest absolute Gasteiger partial charge is 0.219 e. The minimum absolute atomic E-state index is 0.0897. The van der Waals surface area contributed by atoms with Gasteiger partial charge in [-0.15, -0.1) is 0 Å². The van der Waals surface area contributed by atoms with E-state index >= 15 is 0 Å². The Hall–Kier alpha value is -1.75. The van der Waals surface area contributed by atoms with Gasteiger partial charge in [-0.1, -0.05) is 41.4 Å². The summed E-state index contributed by atoms with van der Waals surface area (Å²) in [6, 6.07) is 11.8. The summed E-state index contributed by atoms with van der Waals surface area (Å²) in [5.41, 5.74) is 9.39. The van der Waals surface area contributed by atoms with Crippen molar-refractivity contribution in [1.82, 2.24) is 4.90 Å². The zero-order chi connectivity index (χ0) is 20.3. The zero-order valence-corrected chi connectivity index (χ0v) is 17.8. The van der Waals surface area contributed by atoms with Crippen molar-refractivity contribution in [3.8, 4) is 5.75 Å². The number of carbonyl (C=O) groups is 1. The molecule has 0 aliphatic carbocycles. The maximum absolute atomic E-state index is 11.4. The van der Waals surface area contributed by atoms with Crippen LogP contribution in [0, 0.1) is 6.92 Å².